The number of imidazole rings is 1. The lowest BCUT2D eigenvalue weighted by atomic mass is 9.89. The van der Waals surface area contributed by atoms with Gasteiger partial charge in [0.25, 0.3) is 0 Å². The van der Waals surface area contributed by atoms with Crippen molar-refractivity contribution in [1.29, 1.82) is 0 Å². The van der Waals surface area contributed by atoms with Gasteiger partial charge in [-0.25, -0.2) is 4.98 Å². The number of pyridine rings is 1. The molecule has 1 saturated heterocycles. The Bertz CT molecular complexity index is 937. The van der Waals surface area contributed by atoms with Gasteiger partial charge >= 0.3 is 0 Å². The van der Waals surface area contributed by atoms with E-state index in [1.807, 2.05) is 11.1 Å². The summed E-state index contributed by atoms with van der Waals surface area (Å²) in [5, 5.41) is 0. The molecule has 1 aliphatic rings. The van der Waals surface area contributed by atoms with Crippen LogP contribution in [-0.4, -0.2) is 33.3 Å². The fraction of sp³-hybridized carbons (Fsp3) is 0.364. The molecule has 0 bridgehead atoms. The van der Waals surface area contributed by atoms with Gasteiger partial charge in [-0.05, 0) is 55.5 Å². The standard InChI is InChI=1S/C22H25N3O/c1-16-9-12-25-20(15-23-21(25)13-16)19(18-8-4-3-7-17(18)2)14-22(26)24-10-5-6-11-24/h3-4,7-9,12-13,15,19H,5-6,10-11,14H2,1-2H3. The summed E-state index contributed by atoms with van der Waals surface area (Å²) in [5.41, 5.74) is 5.64. The molecule has 1 fully saturated rings. The molecule has 134 valence electrons. The van der Waals surface area contributed by atoms with E-state index in [1.54, 1.807) is 0 Å². The maximum atomic E-state index is 12.9. The molecule has 0 saturated carbocycles. The van der Waals surface area contributed by atoms with Gasteiger partial charge in [-0.1, -0.05) is 24.3 Å². The molecule has 4 nitrogen and oxygen atoms in total. The Kier molecular flexibility index (Phi) is 4.49. The third kappa shape index (κ3) is 3.12. The molecule has 1 aromatic carbocycles. The number of carbonyl (C=O) groups is 1. The molecule has 26 heavy (non-hydrogen) atoms. The van der Waals surface area contributed by atoms with Gasteiger partial charge in [0.05, 0.1) is 5.69 Å². The summed E-state index contributed by atoms with van der Waals surface area (Å²) in [6.07, 6.45) is 6.74. The summed E-state index contributed by atoms with van der Waals surface area (Å²) in [5.74, 6) is 0.264. The van der Waals surface area contributed by atoms with Gasteiger partial charge in [-0.2, -0.15) is 0 Å². The van der Waals surface area contributed by atoms with Crippen LogP contribution in [0, 0.1) is 13.8 Å². The van der Waals surface area contributed by atoms with Crippen molar-refractivity contribution in [2.75, 3.05) is 13.1 Å². The van der Waals surface area contributed by atoms with Crippen LogP contribution in [0.4, 0.5) is 0 Å². The molecule has 4 rings (SSSR count). The van der Waals surface area contributed by atoms with Crippen LogP contribution < -0.4 is 0 Å². The highest BCUT2D eigenvalue weighted by atomic mass is 16.2. The zero-order valence-electron chi connectivity index (χ0n) is 15.5. The summed E-state index contributed by atoms with van der Waals surface area (Å²) in [4.78, 5) is 19.5. The Balaban J connectivity index is 1.76. The first-order chi connectivity index (χ1) is 12.6. The number of carbonyl (C=O) groups excluding carboxylic acids is 1. The number of hydrogen-bond acceptors (Lipinski definition) is 2. The molecule has 2 aromatic heterocycles. The molecular formula is C22H25N3O. The summed E-state index contributed by atoms with van der Waals surface area (Å²) in [6.45, 7) is 5.98. The van der Waals surface area contributed by atoms with Gasteiger partial charge in [0, 0.05) is 37.8 Å². The SMILES string of the molecule is Cc1ccn2c(C(CC(=O)N3CCCC3)c3ccccc3C)cnc2c1. The van der Waals surface area contributed by atoms with E-state index in [0.717, 1.165) is 37.3 Å². The second-order valence-corrected chi connectivity index (χ2v) is 7.32. The highest BCUT2D eigenvalue weighted by Gasteiger charge is 2.26. The second-order valence-electron chi connectivity index (χ2n) is 7.32. The number of benzene rings is 1. The molecule has 1 aliphatic heterocycles. The van der Waals surface area contributed by atoms with Gasteiger partial charge in [-0.15, -0.1) is 0 Å². The van der Waals surface area contributed by atoms with Crippen LogP contribution in [0.1, 0.15) is 47.6 Å². The third-order valence-corrected chi connectivity index (χ3v) is 5.46. The van der Waals surface area contributed by atoms with Crippen LogP contribution in [0.5, 0.6) is 0 Å². The maximum absolute atomic E-state index is 12.9. The van der Waals surface area contributed by atoms with E-state index >= 15 is 0 Å². The van der Waals surface area contributed by atoms with Gasteiger partial charge in [0.1, 0.15) is 5.65 Å². The Hall–Kier alpha value is -2.62. The first-order valence-electron chi connectivity index (χ1n) is 9.40. The zero-order valence-corrected chi connectivity index (χ0v) is 15.5. The monoisotopic (exact) mass is 347 g/mol. The van der Waals surface area contributed by atoms with E-state index in [0.29, 0.717) is 6.42 Å². The topological polar surface area (TPSA) is 37.6 Å². The number of aryl methyl sites for hydroxylation is 2. The zero-order chi connectivity index (χ0) is 18.1. The lowest BCUT2D eigenvalue weighted by Gasteiger charge is -2.22. The van der Waals surface area contributed by atoms with E-state index in [2.05, 4.69) is 65.8 Å². The number of rotatable bonds is 4. The van der Waals surface area contributed by atoms with Gasteiger partial charge < -0.3 is 9.30 Å². The van der Waals surface area contributed by atoms with Crippen LogP contribution in [0.25, 0.3) is 5.65 Å². The van der Waals surface area contributed by atoms with E-state index in [-0.39, 0.29) is 11.8 Å². The van der Waals surface area contributed by atoms with E-state index < -0.39 is 0 Å². The number of nitrogens with zero attached hydrogens (tertiary/aromatic N) is 3. The first-order valence-corrected chi connectivity index (χ1v) is 9.40. The average molecular weight is 347 g/mol. The van der Waals surface area contributed by atoms with Crippen molar-refractivity contribution in [2.45, 2.75) is 39.0 Å². The van der Waals surface area contributed by atoms with Crippen LogP contribution in [-0.2, 0) is 4.79 Å². The largest absolute Gasteiger partial charge is 0.343 e. The quantitative estimate of drug-likeness (QED) is 0.713. The number of likely N-dealkylation sites (tertiary alicyclic amines) is 1. The van der Waals surface area contributed by atoms with Crippen molar-refractivity contribution in [1.82, 2.24) is 14.3 Å². The van der Waals surface area contributed by atoms with Crippen LogP contribution in [0.15, 0.2) is 48.8 Å². The molecule has 1 atom stereocenters. The molecular weight excluding hydrogens is 322 g/mol. The summed E-state index contributed by atoms with van der Waals surface area (Å²) in [6, 6.07) is 12.6. The lowest BCUT2D eigenvalue weighted by molar-refractivity contribution is -0.130. The predicted octanol–water partition coefficient (Wildman–Crippen LogP) is 4.10. The Labute approximate surface area is 154 Å². The number of fused-ring (bicyclic) bond motifs is 1. The fourth-order valence-electron chi connectivity index (χ4n) is 3.98. The molecule has 3 heterocycles. The summed E-state index contributed by atoms with van der Waals surface area (Å²) >= 11 is 0. The van der Waals surface area contributed by atoms with Crippen molar-refractivity contribution < 1.29 is 4.79 Å². The first kappa shape index (κ1) is 16.8. The lowest BCUT2D eigenvalue weighted by Crippen LogP contribution is -2.29. The predicted molar refractivity (Wildman–Crippen MR) is 103 cm³/mol. The van der Waals surface area contributed by atoms with E-state index in [9.17, 15) is 4.79 Å². The second kappa shape index (κ2) is 6.94. The summed E-state index contributed by atoms with van der Waals surface area (Å²) < 4.78 is 2.13. The minimum Gasteiger partial charge on any atom is -0.343 e. The molecule has 0 radical (unpaired) electrons. The minimum absolute atomic E-state index is 0.0157. The maximum Gasteiger partial charge on any atom is 0.223 e. The van der Waals surface area contributed by atoms with E-state index in [1.165, 1.54) is 16.7 Å². The molecule has 0 aliphatic carbocycles. The van der Waals surface area contributed by atoms with Crippen LogP contribution in [0.2, 0.25) is 0 Å². The van der Waals surface area contributed by atoms with Crippen LogP contribution >= 0.6 is 0 Å². The van der Waals surface area contributed by atoms with Crippen molar-refractivity contribution in [3.05, 3.63) is 71.2 Å². The summed E-state index contributed by atoms with van der Waals surface area (Å²) in [7, 11) is 0. The highest BCUT2D eigenvalue weighted by Crippen LogP contribution is 2.32. The van der Waals surface area contributed by atoms with E-state index in [4.69, 9.17) is 0 Å². The average Bonchev–Trinajstić information content (AvgIpc) is 3.30. The molecule has 0 spiro atoms. The van der Waals surface area contributed by atoms with Crippen molar-refractivity contribution in [2.24, 2.45) is 0 Å². The molecule has 1 unspecified atom stereocenters. The van der Waals surface area contributed by atoms with Crippen molar-refractivity contribution in [3.63, 3.8) is 0 Å². The highest BCUT2D eigenvalue weighted by molar-refractivity contribution is 5.78. The molecule has 4 heteroatoms. The smallest absolute Gasteiger partial charge is 0.223 e. The van der Waals surface area contributed by atoms with Crippen LogP contribution in [0.3, 0.4) is 0 Å². The van der Waals surface area contributed by atoms with Gasteiger partial charge in [-0.3, -0.25) is 4.79 Å². The molecule has 3 aromatic rings. The number of aromatic nitrogens is 2. The molecule has 1 amide bonds. The van der Waals surface area contributed by atoms with Crippen molar-refractivity contribution in [3.8, 4) is 0 Å². The van der Waals surface area contributed by atoms with Crippen molar-refractivity contribution >= 4 is 11.6 Å². The Morgan fingerprint density at radius 2 is 1.92 bits per heavy atom. The van der Waals surface area contributed by atoms with Gasteiger partial charge in [0.2, 0.25) is 5.91 Å². The minimum atomic E-state index is 0.0157. The third-order valence-electron chi connectivity index (χ3n) is 5.46. The Morgan fingerprint density at radius 1 is 1.15 bits per heavy atom. The molecule has 0 N–H and O–H groups in total. The number of hydrogen-bond donors (Lipinski definition) is 0. The fourth-order valence-corrected chi connectivity index (χ4v) is 3.98. The Morgan fingerprint density at radius 3 is 2.69 bits per heavy atom. The normalized spacial score (nSPS) is 15.5. The van der Waals surface area contributed by atoms with Gasteiger partial charge in [0.15, 0.2) is 0 Å². The number of amides is 1.